The molecule has 3 heteroatoms. The second-order valence-corrected chi connectivity index (χ2v) is 6.17. The van der Waals surface area contributed by atoms with Gasteiger partial charge >= 0.3 is 0 Å². The zero-order valence-corrected chi connectivity index (χ0v) is 12.2. The summed E-state index contributed by atoms with van der Waals surface area (Å²) in [6.45, 7) is 4.40. The molecule has 0 radical (unpaired) electrons. The first kappa shape index (κ1) is 13.6. The third kappa shape index (κ3) is 2.73. The lowest BCUT2D eigenvalue weighted by molar-refractivity contribution is 0.0912. The Morgan fingerprint density at radius 2 is 2.05 bits per heavy atom. The van der Waals surface area contributed by atoms with Gasteiger partial charge in [0.1, 0.15) is 0 Å². The van der Waals surface area contributed by atoms with Gasteiger partial charge in [0.15, 0.2) is 0 Å². The van der Waals surface area contributed by atoms with E-state index in [4.69, 9.17) is 0 Å². The molecule has 1 aliphatic carbocycles. The van der Waals surface area contributed by atoms with Crippen molar-refractivity contribution in [2.75, 3.05) is 13.1 Å². The van der Waals surface area contributed by atoms with Gasteiger partial charge in [0.2, 0.25) is 0 Å². The van der Waals surface area contributed by atoms with Crippen molar-refractivity contribution in [1.82, 2.24) is 10.6 Å². The van der Waals surface area contributed by atoms with Crippen LogP contribution >= 0.6 is 0 Å². The van der Waals surface area contributed by atoms with Crippen LogP contribution in [0.3, 0.4) is 0 Å². The minimum atomic E-state index is 0.108. The number of hydrogen-bond donors (Lipinski definition) is 2. The molecule has 3 atom stereocenters. The van der Waals surface area contributed by atoms with Crippen LogP contribution < -0.4 is 10.6 Å². The van der Waals surface area contributed by atoms with Crippen molar-refractivity contribution in [3.63, 3.8) is 0 Å². The van der Waals surface area contributed by atoms with E-state index in [1.54, 1.807) is 0 Å². The number of carbonyl (C=O) groups is 1. The Kier molecular flexibility index (Phi) is 4.06. The van der Waals surface area contributed by atoms with Crippen LogP contribution in [0.25, 0.3) is 0 Å². The number of carbonyl (C=O) groups excluding carboxylic acids is 1. The molecule has 2 fully saturated rings. The molecule has 0 aromatic heterocycles. The minimum Gasteiger partial charge on any atom is -0.349 e. The van der Waals surface area contributed by atoms with Crippen LogP contribution in [-0.4, -0.2) is 25.0 Å². The Bertz CT molecular complexity index is 486. The highest BCUT2D eigenvalue weighted by Gasteiger charge is 2.34. The zero-order valence-electron chi connectivity index (χ0n) is 12.2. The van der Waals surface area contributed by atoms with E-state index in [2.05, 4.69) is 17.6 Å². The van der Waals surface area contributed by atoms with E-state index in [0.29, 0.717) is 6.04 Å². The molecule has 1 unspecified atom stereocenters. The molecule has 0 bridgehead atoms. The topological polar surface area (TPSA) is 41.1 Å². The molecule has 2 aliphatic rings. The number of benzene rings is 1. The SMILES string of the molecule is CCc1ccccc1C(=O)NC1CC[C@H]2CNC[C@H]2C1. The molecule has 1 aromatic rings. The number of rotatable bonds is 3. The maximum absolute atomic E-state index is 12.5. The van der Waals surface area contributed by atoms with Gasteiger partial charge in [0.05, 0.1) is 0 Å². The van der Waals surface area contributed by atoms with Crippen LogP contribution in [0, 0.1) is 11.8 Å². The molecular formula is C17H24N2O. The average molecular weight is 272 g/mol. The van der Waals surface area contributed by atoms with Crippen molar-refractivity contribution in [3.8, 4) is 0 Å². The van der Waals surface area contributed by atoms with Crippen LogP contribution in [0.5, 0.6) is 0 Å². The molecule has 3 nitrogen and oxygen atoms in total. The Hall–Kier alpha value is -1.35. The molecule has 0 spiro atoms. The second-order valence-electron chi connectivity index (χ2n) is 6.17. The first-order chi connectivity index (χ1) is 9.78. The maximum atomic E-state index is 12.5. The van der Waals surface area contributed by atoms with E-state index in [1.165, 1.54) is 13.0 Å². The number of aryl methyl sites for hydroxylation is 1. The van der Waals surface area contributed by atoms with Crippen LogP contribution in [0.1, 0.15) is 42.1 Å². The summed E-state index contributed by atoms with van der Waals surface area (Å²) in [5.41, 5.74) is 1.99. The zero-order chi connectivity index (χ0) is 13.9. The summed E-state index contributed by atoms with van der Waals surface area (Å²) < 4.78 is 0. The Balaban J connectivity index is 1.64. The maximum Gasteiger partial charge on any atom is 0.251 e. The molecule has 1 aromatic carbocycles. The average Bonchev–Trinajstić information content (AvgIpc) is 2.94. The minimum absolute atomic E-state index is 0.108. The lowest BCUT2D eigenvalue weighted by Gasteiger charge is -2.31. The molecule has 2 N–H and O–H groups in total. The molecule has 1 saturated heterocycles. The number of hydrogen-bond acceptors (Lipinski definition) is 2. The highest BCUT2D eigenvalue weighted by molar-refractivity contribution is 5.95. The summed E-state index contributed by atoms with van der Waals surface area (Å²) in [6, 6.07) is 8.30. The number of nitrogens with one attached hydrogen (secondary N) is 2. The second kappa shape index (κ2) is 5.96. The van der Waals surface area contributed by atoms with Gasteiger partial charge in [-0.25, -0.2) is 0 Å². The van der Waals surface area contributed by atoms with E-state index >= 15 is 0 Å². The fraction of sp³-hybridized carbons (Fsp3) is 0.588. The van der Waals surface area contributed by atoms with E-state index in [-0.39, 0.29) is 5.91 Å². The summed E-state index contributed by atoms with van der Waals surface area (Å²) in [6.07, 6.45) is 4.42. The Morgan fingerprint density at radius 3 is 2.90 bits per heavy atom. The largest absolute Gasteiger partial charge is 0.349 e. The third-order valence-corrected chi connectivity index (χ3v) is 4.93. The van der Waals surface area contributed by atoms with Gasteiger partial charge in [-0.05, 0) is 62.2 Å². The standard InChI is InChI=1S/C17H24N2O/c1-2-12-5-3-4-6-16(12)17(20)19-15-8-7-13-10-18-11-14(13)9-15/h3-6,13-15,18H,2,7-11H2,1H3,(H,19,20)/t13-,14+,15?/m0/s1. The fourth-order valence-corrected chi connectivity index (χ4v) is 3.74. The molecular weight excluding hydrogens is 248 g/mol. The van der Waals surface area contributed by atoms with Crippen LogP contribution in [0.4, 0.5) is 0 Å². The van der Waals surface area contributed by atoms with E-state index in [1.807, 2.05) is 24.3 Å². The summed E-state index contributed by atoms with van der Waals surface area (Å²) in [4.78, 5) is 12.5. The number of amides is 1. The van der Waals surface area contributed by atoms with Gasteiger partial charge in [-0.3, -0.25) is 4.79 Å². The lowest BCUT2D eigenvalue weighted by Crippen LogP contribution is -2.40. The van der Waals surface area contributed by atoms with Gasteiger partial charge in [0.25, 0.3) is 5.91 Å². The first-order valence-electron chi connectivity index (χ1n) is 7.87. The van der Waals surface area contributed by atoms with Crippen molar-refractivity contribution in [2.45, 2.75) is 38.6 Å². The van der Waals surface area contributed by atoms with Gasteiger partial charge in [0, 0.05) is 11.6 Å². The van der Waals surface area contributed by atoms with Crippen molar-refractivity contribution in [2.24, 2.45) is 11.8 Å². The third-order valence-electron chi connectivity index (χ3n) is 4.93. The lowest BCUT2D eigenvalue weighted by atomic mass is 9.79. The van der Waals surface area contributed by atoms with Crippen LogP contribution in [0.15, 0.2) is 24.3 Å². The van der Waals surface area contributed by atoms with Gasteiger partial charge in [-0.15, -0.1) is 0 Å². The predicted octanol–water partition coefficient (Wildman–Crippen LogP) is 2.37. The smallest absolute Gasteiger partial charge is 0.251 e. The summed E-state index contributed by atoms with van der Waals surface area (Å²) in [7, 11) is 0. The first-order valence-corrected chi connectivity index (χ1v) is 7.87. The molecule has 1 aliphatic heterocycles. The fourth-order valence-electron chi connectivity index (χ4n) is 3.74. The molecule has 108 valence electrons. The van der Waals surface area contributed by atoms with Crippen molar-refractivity contribution < 1.29 is 4.79 Å². The number of fused-ring (bicyclic) bond motifs is 1. The van der Waals surface area contributed by atoms with Crippen LogP contribution in [-0.2, 0) is 6.42 Å². The van der Waals surface area contributed by atoms with E-state index in [0.717, 1.165) is 48.8 Å². The molecule has 20 heavy (non-hydrogen) atoms. The normalized spacial score (nSPS) is 28.9. The summed E-state index contributed by atoms with van der Waals surface area (Å²) >= 11 is 0. The quantitative estimate of drug-likeness (QED) is 0.887. The van der Waals surface area contributed by atoms with Crippen molar-refractivity contribution in [3.05, 3.63) is 35.4 Å². The molecule has 1 heterocycles. The highest BCUT2D eigenvalue weighted by atomic mass is 16.1. The predicted molar refractivity (Wildman–Crippen MR) is 80.8 cm³/mol. The Labute approximate surface area is 121 Å². The van der Waals surface area contributed by atoms with E-state index in [9.17, 15) is 4.79 Å². The van der Waals surface area contributed by atoms with Crippen LogP contribution in [0.2, 0.25) is 0 Å². The van der Waals surface area contributed by atoms with Crippen molar-refractivity contribution in [1.29, 1.82) is 0 Å². The van der Waals surface area contributed by atoms with Gasteiger partial charge in [-0.1, -0.05) is 25.1 Å². The van der Waals surface area contributed by atoms with Gasteiger partial charge < -0.3 is 10.6 Å². The Morgan fingerprint density at radius 1 is 1.25 bits per heavy atom. The van der Waals surface area contributed by atoms with Gasteiger partial charge in [-0.2, -0.15) is 0 Å². The summed E-state index contributed by atoms with van der Waals surface area (Å²) in [5, 5.41) is 6.73. The highest BCUT2D eigenvalue weighted by Crippen LogP contribution is 2.32. The summed E-state index contributed by atoms with van der Waals surface area (Å²) in [5.74, 6) is 1.71. The monoisotopic (exact) mass is 272 g/mol. The van der Waals surface area contributed by atoms with Crippen molar-refractivity contribution >= 4 is 5.91 Å². The molecule has 1 amide bonds. The van der Waals surface area contributed by atoms with E-state index < -0.39 is 0 Å². The molecule has 1 saturated carbocycles. The molecule has 3 rings (SSSR count).